The standard InChI is InChI=1S/C13H25NOS/c1-16-13-6-2-4-12(10-13)14-11-5-3-8-15-9-7-11/h11-14H,2-10H2,1H3. The summed E-state index contributed by atoms with van der Waals surface area (Å²) in [5, 5.41) is 4.77. The van der Waals surface area contributed by atoms with E-state index in [1.54, 1.807) is 0 Å². The molecule has 2 fully saturated rings. The second-order valence-corrected chi connectivity index (χ2v) is 6.27. The molecule has 0 spiro atoms. The summed E-state index contributed by atoms with van der Waals surface area (Å²) < 4.78 is 5.51. The van der Waals surface area contributed by atoms with Crippen molar-refractivity contribution in [1.29, 1.82) is 0 Å². The molecule has 0 radical (unpaired) electrons. The molecule has 1 aliphatic carbocycles. The summed E-state index contributed by atoms with van der Waals surface area (Å²) in [6.45, 7) is 1.92. The van der Waals surface area contributed by atoms with Crippen LogP contribution in [0.1, 0.15) is 44.9 Å². The Balaban J connectivity index is 1.74. The lowest BCUT2D eigenvalue weighted by Gasteiger charge is -2.31. The van der Waals surface area contributed by atoms with Gasteiger partial charge in [-0.25, -0.2) is 0 Å². The van der Waals surface area contributed by atoms with Crippen LogP contribution in [0.25, 0.3) is 0 Å². The lowest BCUT2D eigenvalue weighted by Crippen LogP contribution is -2.41. The van der Waals surface area contributed by atoms with Crippen molar-refractivity contribution in [3.8, 4) is 0 Å². The van der Waals surface area contributed by atoms with E-state index in [4.69, 9.17) is 4.74 Å². The summed E-state index contributed by atoms with van der Waals surface area (Å²) in [7, 11) is 0. The van der Waals surface area contributed by atoms with Gasteiger partial charge in [-0.2, -0.15) is 11.8 Å². The topological polar surface area (TPSA) is 21.3 Å². The number of hydrogen-bond donors (Lipinski definition) is 1. The van der Waals surface area contributed by atoms with Crippen LogP contribution < -0.4 is 5.32 Å². The van der Waals surface area contributed by atoms with Crippen LogP contribution in [0.3, 0.4) is 0 Å². The van der Waals surface area contributed by atoms with Crippen molar-refractivity contribution in [2.24, 2.45) is 0 Å². The molecule has 1 N–H and O–H groups in total. The zero-order valence-corrected chi connectivity index (χ0v) is 11.2. The summed E-state index contributed by atoms with van der Waals surface area (Å²) in [6.07, 6.45) is 11.6. The minimum Gasteiger partial charge on any atom is -0.381 e. The fraction of sp³-hybridized carbons (Fsp3) is 1.00. The molecular weight excluding hydrogens is 218 g/mol. The van der Waals surface area contributed by atoms with Crippen LogP contribution in [0.5, 0.6) is 0 Å². The van der Waals surface area contributed by atoms with Gasteiger partial charge in [-0.15, -0.1) is 0 Å². The van der Waals surface area contributed by atoms with Gasteiger partial charge in [0.25, 0.3) is 0 Å². The number of thioether (sulfide) groups is 1. The van der Waals surface area contributed by atoms with Crippen molar-refractivity contribution in [3.05, 3.63) is 0 Å². The first-order chi connectivity index (χ1) is 7.88. The van der Waals surface area contributed by atoms with Gasteiger partial charge in [0.2, 0.25) is 0 Å². The molecule has 0 bridgehead atoms. The third-order valence-corrected chi connectivity index (χ3v) is 4.98. The smallest absolute Gasteiger partial charge is 0.0480 e. The second-order valence-electron chi connectivity index (χ2n) is 5.13. The Morgan fingerprint density at radius 2 is 1.88 bits per heavy atom. The van der Waals surface area contributed by atoms with E-state index >= 15 is 0 Å². The molecule has 1 aliphatic heterocycles. The van der Waals surface area contributed by atoms with Crippen LogP contribution in [0, 0.1) is 0 Å². The predicted octanol–water partition coefficient (Wildman–Crippen LogP) is 2.82. The summed E-state index contributed by atoms with van der Waals surface area (Å²) >= 11 is 2.05. The average molecular weight is 243 g/mol. The maximum absolute atomic E-state index is 5.51. The minimum absolute atomic E-state index is 0.716. The van der Waals surface area contributed by atoms with Crippen molar-refractivity contribution in [3.63, 3.8) is 0 Å². The van der Waals surface area contributed by atoms with Gasteiger partial charge >= 0.3 is 0 Å². The molecule has 3 heteroatoms. The fourth-order valence-electron chi connectivity index (χ4n) is 2.91. The summed E-state index contributed by atoms with van der Waals surface area (Å²) in [6, 6.07) is 1.49. The molecule has 1 heterocycles. The van der Waals surface area contributed by atoms with E-state index in [1.807, 2.05) is 0 Å². The molecule has 2 aliphatic rings. The Labute approximate surface area is 104 Å². The molecule has 16 heavy (non-hydrogen) atoms. The third kappa shape index (κ3) is 3.94. The highest BCUT2D eigenvalue weighted by Crippen LogP contribution is 2.27. The first-order valence-corrected chi connectivity index (χ1v) is 8.04. The Morgan fingerprint density at radius 1 is 1.00 bits per heavy atom. The van der Waals surface area contributed by atoms with Crippen LogP contribution in [0.2, 0.25) is 0 Å². The first-order valence-electron chi connectivity index (χ1n) is 6.75. The average Bonchev–Trinajstić information content (AvgIpc) is 2.58. The highest BCUT2D eigenvalue weighted by Gasteiger charge is 2.23. The SMILES string of the molecule is CSC1CCCC(NC2CCCOCC2)C1. The van der Waals surface area contributed by atoms with E-state index in [1.165, 1.54) is 44.9 Å². The van der Waals surface area contributed by atoms with Crippen molar-refractivity contribution in [1.82, 2.24) is 5.32 Å². The zero-order chi connectivity index (χ0) is 11.2. The van der Waals surface area contributed by atoms with E-state index in [0.29, 0.717) is 6.04 Å². The molecule has 2 nitrogen and oxygen atoms in total. The number of hydrogen-bond acceptors (Lipinski definition) is 3. The number of ether oxygens (including phenoxy) is 1. The highest BCUT2D eigenvalue weighted by atomic mass is 32.2. The molecule has 0 aromatic heterocycles. The maximum Gasteiger partial charge on any atom is 0.0480 e. The molecule has 1 saturated carbocycles. The van der Waals surface area contributed by atoms with E-state index in [9.17, 15) is 0 Å². The molecule has 3 atom stereocenters. The lowest BCUT2D eigenvalue weighted by molar-refractivity contribution is 0.142. The lowest BCUT2D eigenvalue weighted by atomic mass is 9.93. The van der Waals surface area contributed by atoms with Crippen LogP contribution in [0.15, 0.2) is 0 Å². The zero-order valence-electron chi connectivity index (χ0n) is 10.4. The highest BCUT2D eigenvalue weighted by molar-refractivity contribution is 7.99. The van der Waals surface area contributed by atoms with Crippen molar-refractivity contribution < 1.29 is 4.74 Å². The van der Waals surface area contributed by atoms with Gasteiger partial charge in [-0.05, 0) is 44.8 Å². The molecule has 94 valence electrons. The first kappa shape index (κ1) is 12.7. The molecule has 0 aromatic rings. The van der Waals surface area contributed by atoms with E-state index in [-0.39, 0.29) is 0 Å². The molecule has 1 saturated heterocycles. The summed E-state index contributed by atoms with van der Waals surface area (Å²) in [5.41, 5.74) is 0. The van der Waals surface area contributed by atoms with Gasteiger partial charge in [-0.3, -0.25) is 0 Å². The van der Waals surface area contributed by atoms with Crippen molar-refractivity contribution in [2.45, 2.75) is 62.3 Å². The molecule has 0 amide bonds. The maximum atomic E-state index is 5.51. The Kier molecular flexibility index (Phi) is 5.46. The monoisotopic (exact) mass is 243 g/mol. The van der Waals surface area contributed by atoms with Gasteiger partial charge in [-0.1, -0.05) is 6.42 Å². The molecule has 0 aromatic carbocycles. The van der Waals surface area contributed by atoms with Gasteiger partial charge < -0.3 is 10.1 Å². The van der Waals surface area contributed by atoms with Crippen LogP contribution in [0.4, 0.5) is 0 Å². The molecule has 2 rings (SSSR count). The largest absolute Gasteiger partial charge is 0.381 e. The molecular formula is C13H25NOS. The number of rotatable bonds is 3. The van der Waals surface area contributed by atoms with E-state index in [2.05, 4.69) is 23.3 Å². The summed E-state index contributed by atoms with van der Waals surface area (Å²) in [4.78, 5) is 0. The van der Waals surface area contributed by atoms with Crippen molar-refractivity contribution in [2.75, 3.05) is 19.5 Å². The van der Waals surface area contributed by atoms with Crippen molar-refractivity contribution >= 4 is 11.8 Å². The van der Waals surface area contributed by atoms with E-state index < -0.39 is 0 Å². The predicted molar refractivity (Wildman–Crippen MR) is 71.2 cm³/mol. The quantitative estimate of drug-likeness (QED) is 0.823. The van der Waals surface area contributed by atoms with E-state index in [0.717, 1.165) is 24.5 Å². The third-order valence-electron chi connectivity index (χ3n) is 3.88. The van der Waals surface area contributed by atoms with Gasteiger partial charge in [0.1, 0.15) is 0 Å². The Bertz CT molecular complexity index is 192. The van der Waals surface area contributed by atoms with Crippen LogP contribution in [-0.4, -0.2) is 36.8 Å². The van der Waals surface area contributed by atoms with Gasteiger partial charge in [0.05, 0.1) is 0 Å². The van der Waals surface area contributed by atoms with Gasteiger partial charge in [0.15, 0.2) is 0 Å². The van der Waals surface area contributed by atoms with Gasteiger partial charge in [0, 0.05) is 30.5 Å². The fourth-order valence-corrected chi connectivity index (χ4v) is 3.74. The van der Waals surface area contributed by atoms with Crippen LogP contribution >= 0.6 is 11.8 Å². The normalized spacial score (nSPS) is 36.9. The number of nitrogens with one attached hydrogen (secondary N) is 1. The minimum atomic E-state index is 0.716. The summed E-state index contributed by atoms with van der Waals surface area (Å²) in [5.74, 6) is 0. The Morgan fingerprint density at radius 3 is 2.75 bits per heavy atom. The molecule has 3 unspecified atom stereocenters. The van der Waals surface area contributed by atoms with Crippen LogP contribution in [-0.2, 0) is 4.74 Å². The second kappa shape index (κ2) is 6.87. The Hall–Kier alpha value is 0.270.